The molecule has 0 aliphatic carbocycles. The Balaban J connectivity index is 3.88. The predicted octanol–water partition coefficient (Wildman–Crippen LogP) is -2.35. The topological polar surface area (TPSA) is 89.5 Å². The molecule has 0 unspecified atom stereocenters. The van der Waals surface area contributed by atoms with Crippen molar-refractivity contribution in [2.75, 3.05) is 6.61 Å². The number of hydrogen-bond donors (Lipinski definition) is 0. The lowest BCUT2D eigenvalue weighted by Crippen LogP contribution is -2.43. The summed E-state index contributed by atoms with van der Waals surface area (Å²) in [7, 11) is 0. The molecule has 0 aromatic rings. The molecule has 5 heteroatoms. The van der Waals surface area contributed by atoms with Crippen LogP contribution in [0.5, 0.6) is 0 Å². The maximum atomic E-state index is 10.1. The zero-order chi connectivity index (χ0) is 9.56. The average Bonchev–Trinajstić information content (AvgIpc) is 1.96. The Morgan fingerprint density at radius 3 is 2.25 bits per heavy atom. The van der Waals surface area contributed by atoms with Gasteiger partial charge in [-0.1, -0.05) is 6.58 Å². The third kappa shape index (κ3) is 3.60. The zero-order valence-electron chi connectivity index (χ0n) is 6.32. The van der Waals surface area contributed by atoms with Crippen molar-refractivity contribution in [3.05, 3.63) is 12.8 Å². The molecule has 0 rings (SSSR count). The summed E-state index contributed by atoms with van der Waals surface area (Å²) < 4.78 is 4.55. The van der Waals surface area contributed by atoms with Gasteiger partial charge in [0.1, 0.15) is 0 Å². The number of carboxylic acid groups (broad SMARTS) is 2. The Bertz CT molecular complexity index is 172. The molecular weight excluding hydrogens is 164 g/mol. The first-order valence-corrected chi connectivity index (χ1v) is 3.23. The summed E-state index contributed by atoms with van der Waals surface area (Å²) in [5, 5.41) is 20.2. The SMILES string of the molecule is C=COCCC(C(=O)[O-])C(=O)[O-]. The van der Waals surface area contributed by atoms with Crippen molar-refractivity contribution in [1.82, 2.24) is 0 Å². The van der Waals surface area contributed by atoms with Gasteiger partial charge in [0, 0.05) is 5.92 Å². The van der Waals surface area contributed by atoms with E-state index in [4.69, 9.17) is 0 Å². The van der Waals surface area contributed by atoms with Crippen molar-refractivity contribution >= 4 is 11.9 Å². The molecule has 0 saturated heterocycles. The second-order valence-electron chi connectivity index (χ2n) is 2.02. The number of carbonyl (C=O) groups is 2. The van der Waals surface area contributed by atoms with Gasteiger partial charge < -0.3 is 24.5 Å². The molecule has 0 amide bonds. The van der Waals surface area contributed by atoms with Crippen LogP contribution >= 0.6 is 0 Å². The highest BCUT2D eigenvalue weighted by atomic mass is 16.5. The summed E-state index contributed by atoms with van der Waals surface area (Å²) in [6.45, 7) is 3.17. The average molecular weight is 172 g/mol. The maximum absolute atomic E-state index is 10.1. The van der Waals surface area contributed by atoms with Crippen LogP contribution in [0.4, 0.5) is 0 Å². The van der Waals surface area contributed by atoms with Gasteiger partial charge in [0.05, 0.1) is 24.8 Å². The van der Waals surface area contributed by atoms with Crippen molar-refractivity contribution in [3.8, 4) is 0 Å². The van der Waals surface area contributed by atoms with Crippen molar-refractivity contribution in [3.63, 3.8) is 0 Å². The van der Waals surface area contributed by atoms with E-state index in [1.54, 1.807) is 0 Å². The molecule has 0 N–H and O–H groups in total. The summed E-state index contributed by atoms with van der Waals surface area (Å²) in [5.41, 5.74) is 0. The molecule has 0 radical (unpaired) electrons. The van der Waals surface area contributed by atoms with E-state index in [0.717, 1.165) is 6.26 Å². The number of rotatable bonds is 6. The number of ether oxygens (including phenoxy) is 1. The molecule has 0 aliphatic rings. The molecule has 0 atom stereocenters. The first-order valence-electron chi connectivity index (χ1n) is 3.23. The first-order chi connectivity index (χ1) is 5.59. The third-order valence-corrected chi connectivity index (χ3v) is 1.21. The molecule has 0 bridgehead atoms. The number of carboxylic acids is 2. The molecule has 0 saturated carbocycles. The number of aliphatic carboxylic acids is 2. The van der Waals surface area contributed by atoms with Gasteiger partial charge in [0.25, 0.3) is 0 Å². The highest BCUT2D eigenvalue weighted by Gasteiger charge is 2.10. The van der Waals surface area contributed by atoms with Gasteiger partial charge in [-0.25, -0.2) is 0 Å². The van der Waals surface area contributed by atoms with E-state index >= 15 is 0 Å². The number of hydrogen-bond acceptors (Lipinski definition) is 5. The van der Waals surface area contributed by atoms with Crippen LogP contribution in [0, 0.1) is 5.92 Å². The minimum absolute atomic E-state index is 0.0316. The largest absolute Gasteiger partial charge is 0.549 e. The Kier molecular flexibility index (Phi) is 4.52. The zero-order valence-corrected chi connectivity index (χ0v) is 6.32. The van der Waals surface area contributed by atoms with Crippen LogP contribution in [0.1, 0.15) is 6.42 Å². The lowest BCUT2D eigenvalue weighted by Gasteiger charge is -2.17. The highest BCUT2D eigenvalue weighted by molar-refractivity contribution is 5.90. The minimum Gasteiger partial charge on any atom is -0.549 e. The van der Waals surface area contributed by atoms with Gasteiger partial charge in [0.2, 0.25) is 0 Å². The third-order valence-electron chi connectivity index (χ3n) is 1.21. The second-order valence-corrected chi connectivity index (χ2v) is 2.02. The normalized spacial score (nSPS) is 9.42. The van der Waals surface area contributed by atoms with Gasteiger partial charge in [-0.05, 0) is 6.42 Å². The molecule has 0 aromatic carbocycles. The molecular formula is C7H8O5-2. The Labute approximate surface area is 69.3 Å². The van der Waals surface area contributed by atoms with Gasteiger partial charge in [-0.15, -0.1) is 0 Å². The lowest BCUT2D eigenvalue weighted by atomic mass is 10.1. The molecule has 68 valence electrons. The Morgan fingerprint density at radius 2 is 1.92 bits per heavy atom. The summed E-state index contributed by atoms with van der Waals surface area (Å²) >= 11 is 0. The van der Waals surface area contributed by atoms with E-state index in [1.165, 1.54) is 0 Å². The fourth-order valence-corrected chi connectivity index (χ4v) is 0.601. The molecule has 0 spiro atoms. The van der Waals surface area contributed by atoms with Crippen molar-refractivity contribution in [2.24, 2.45) is 5.92 Å². The molecule has 0 fully saturated rings. The Hall–Kier alpha value is -1.52. The van der Waals surface area contributed by atoms with E-state index in [9.17, 15) is 19.8 Å². The quantitative estimate of drug-likeness (QED) is 0.254. The van der Waals surface area contributed by atoms with E-state index in [-0.39, 0.29) is 13.0 Å². The minimum atomic E-state index is -1.66. The van der Waals surface area contributed by atoms with Crippen molar-refractivity contribution in [1.29, 1.82) is 0 Å². The summed E-state index contributed by atoms with van der Waals surface area (Å²) in [5.74, 6) is -4.95. The van der Waals surface area contributed by atoms with E-state index in [1.807, 2.05) is 0 Å². The standard InChI is InChI=1S/C7H10O5/c1-2-12-4-3-5(6(8)9)7(10)11/h2,5H,1,3-4H2,(H,8,9)(H,10,11)/p-2. The fraction of sp³-hybridized carbons (Fsp3) is 0.429. The summed E-state index contributed by atoms with van der Waals surface area (Å²) in [4.78, 5) is 20.2. The van der Waals surface area contributed by atoms with Crippen molar-refractivity contribution < 1.29 is 24.5 Å². The first kappa shape index (κ1) is 10.5. The van der Waals surface area contributed by atoms with Gasteiger partial charge in [-0.3, -0.25) is 0 Å². The molecule has 5 nitrogen and oxygen atoms in total. The number of carbonyl (C=O) groups excluding carboxylic acids is 2. The molecule has 0 aromatic heterocycles. The molecule has 0 heterocycles. The summed E-state index contributed by atoms with van der Waals surface area (Å²) in [6.07, 6.45) is 0.915. The van der Waals surface area contributed by atoms with Crippen molar-refractivity contribution in [2.45, 2.75) is 6.42 Å². The Morgan fingerprint density at radius 1 is 1.42 bits per heavy atom. The van der Waals surface area contributed by atoms with Crippen LogP contribution in [0.15, 0.2) is 12.8 Å². The van der Waals surface area contributed by atoms with E-state index < -0.39 is 17.9 Å². The maximum Gasteiger partial charge on any atom is 0.0882 e. The monoisotopic (exact) mass is 172 g/mol. The van der Waals surface area contributed by atoms with Gasteiger partial charge in [0.15, 0.2) is 0 Å². The lowest BCUT2D eigenvalue weighted by molar-refractivity contribution is -0.332. The van der Waals surface area contributed by atoms with E-state index in [2.05, 4.69) is 11.3 Å². The fourth-order valence-electron chi connectivity index (χ4n) is 0.601. The molecule has 12 heavy (non-hydrogen) atoms. The molecule has 0 aliphatic heterocycles. The van der Waals surface area contributed by atoms with Crippen LogP contribution in [-0.2, 0) is 14.3 Å². The smallest absolute Gasteiger partial charge is 0.0882 e. The summed E-state index contributed by atoms with van der Waals surface area (Å²) in [6, 6.07) is 0. The van der Waals surface area contributed by atoms with Crippen LogP contribution in [0.25, 0.3) is 0 Å². The highest BCUT2D eigenvalue weighted by Crippen LogP contribution is 2.00. The second kappa shape index (κ2) is 5.17. The van der Waals surface area contributed by atoms with Gasteiger partial charge >= 0.3 is 0 Å². The van der Waals surface area contributed by atoms with Crippen LogP contribution in [0.2, 0.25) is 0 Å². The van der Waals surface area contributed by atoms with Crippen LogP contribution in [-0.4, -0.2) is 18.5 Å². The van der Waals surface area contributed by atoms with Crippen LogP contribution < -0.4 is 10.2 Å². The predicted molar refractivity (Wildman–Crippen MR) is 34.3 cm³/mol. The van der Waals surface area contributed by atoms with Gasteiger partial charge in [-0.2, -0.15) is 0 Å². The van der Waals surface area contributed by atoms with E-state index in [0.29, 0.717) is 0 Å². The van der Waals surface area contributed by atoms with Crippen LogP contribution in [0.3, 0.4) is 0 Å².